The van der Waals surface area contributed by atoms with Crippen LogP contribution in [-0.2, 0) is 150 Å². The normalized spacial score (nSPS) is 11.5. The summed E-state index contributed by atoms with van der Waals surface area (Å²) in [7, 11) is 0. The Morgan fingerprint density at radius 1 is 0.432 bits per heavy atom. The summed E-state index contributed by atoms with van der Waals surface area (Å²) < 4.78 is 0. The van der Waals surface area contributed by atoms with Crippen LogP contribution in [0, 0.1) is 27.7 Å². The molecule has 2 aromatic heterocycles. The molecule has 0 spiro atoms. The fourth-order valence-corrected chi connectivity index (χ4v) is 4.42. The van der Waals surface area contributed by atoms with Crippen molar-refractivity contribution in [2.75, 3.05) is 0 Å². The van der Waals surface area contributed by atoms with Crippen LogP contribution in [0.5, 0.6) is 0 Å². The van der Waals surface area contributed by atoms with Gasteiger partial charge < -0.3 is 48.1 Å². The average Bonchev–Trinajstić information content (AvgIpc) is 3.73. The fraction of sp³-hybridized carbons (Fsp3) is 0.250. The molecule has 4 nitrogen and oxygen atoms in total. The third kappa shape index (κ3) is 26.5. The number of benzene rings is 2. The Hall–Kier alpha value is 2.64. The Morgan fingerprint density at radius 2 is 0.705 bits per heavy atom. The van der Waals surface area contributed by atoms with Gasteiger partial charge >= 0.3 is 0 Å². The zero-order valence-corrected chi connectivity index (χ0v) is 43.6. The van der Waals surface area contributed by atoms with E-state index in [0.29, 0.717) is 25.7 Å². The number of thiophene rings is 2. The molecule has 0 aliphatic carbocycles. The van der Waals surface area contributed by atoms with Gasteiger partial charge in [-0.1, -0.05) is 72.8 Å². The third-order valence-corrected chi connectivity index (χ3v) is 7.15. The maximum atomic E-state index is 9.27. The second-order valence-corrected chi connectivity index (χ2v) is 10.0. The summed E-state index contributed by atoms with van der Waals surface area (Å²) in [5.74, 6) is 0. The third-order valence-electron chi connectivity index (χ3n) is 5.21. The summed E-state index contributed by atoms with van der Waals surface area (Å²) >= 11 is 3.13. The zero-order chi connectivity index (χ0) is 28.2. The van der Waals surface area contributed by atoms with Gasteiger partial charge in [-0.15, -0.1) is 22.7 Å². The van der Waals surface area contributed by atoms with Crippen molar-refractivity contribution in [2.45, 2.75) is 50.1 Å². The van der Waals surface area contributed by atoms with Gasteiger partial charge in [0.05, 0.1) is 24.4 Å². The van der Waals surface area contributed by atoms with Crippen LogP contribution in [0.3, 0.4) is 0 Å². The average molecular weight is 1470 g/mol. The van der Waals surface area contributed by atoms with Crippen LogP contribution in [0.4, 0.5) is 0 Å². The van der Waals surface area contributed by atoms with Crippen molar-refractivity contribution in [3.05, 3.63) is 144 Å². The van der Waals surface area contributed by atoms with Gasteiger partial charge in [-0.3, -0.25) is 0 Å². The van der Waals surface area contributed by atoms with E-state index in [9.17, 15) is 10.2 Å². The van der Waals surface area contributed by atoms with Gasteiger partial charge in [-0.2, -0.15) is 25.7 Å². The monoisotopic (exact) mass is 1470 g/mol. The summed E-state index contributed by atoms with van der Waals surface area (Å²) in [5, 5.41) is 40.8. The minimum absolute atomic E-state index is 0. The van der Waals surface area contributed by atoms with Crippen LogP contribution in [0.2, 0.25) is 0 Å². The van der Waals surface area contributed by atoms with E-state index in [1.165, 1.54) is 0 Å². The number of aliphatic hydroxyl groups is 4. The standard InChI is InChI=1S/2C9H11O.2C7H9OS.4W.2Y/c2*1-2-9(10)8-6-4-3-5-7-8;2*1-2-6(8)7-4-3-5-9-7;;;;;;/h2*3-7,9-10H,1-2H2;2*3-6,8H,1-2H2;;;;;;/q4*-1;;;;;;. The quantitative estimate of drug-likeness (QED) is 0.136. The van der Waals surface area contributed by atoms with Crippen LogP contribution in [0.25, 0.3) is 0 Å². The SMILES string of the molecule is [CH2-]CC(O)c1ccccc1.[CH2-]CC(O)c1ccccc1.[CH2-]CC(O)c1cccs1.[CH2-]CC(O)c1cccs1.[W].[W].[W].[W].[Y].[Y]. The topological polar surface area (TPSA) is 80.9 Å². The molecule has 4 N–H and O–H groups in total. The molecule has 0 aliphatic rings. The van der Waals surface area contributed by atoms with Crippen LogP contribution < -0.4 is 0 Å². The van der Waals surface area contributed by atoms with Crippen molar-refractivity contribution >= 4 is 22.7 Å². The van der Waals surface area contributed by atoms with Crippen LogP contribution in [0.15, 0.2) is 95.7 Å². The van der Waals surface area contributed by atoms with E-state index >= 15 is 0 Å². The Balaban J connectivity index is -0.000000105. The predicted molar refractivity (Wildman–Crippen MR) is 161 cm³/mol. The van der Waals surface area contributed by atoms with Crippen molar-refractivity contribution < 1.29 is 170 Å². The van der Waals surface area contributed by atoms with E-state index in [0.717, 1.165) is 20.9 Å². The molecule has 44 heavy (non-hydrogen) atoms. The molecule has 0 saturated carbocycles. The summed E-state index contributed by atoms with van der Waals surface area (Å²) in [6.45, 7) is 14.4. The largest absolute Gasteiger partial charge is 0.391 e. The minimum Gasteiger partial charge on any atom is -0.391 e. The fourth-order valence-electron chi connectivity index (χ4n) is 2.93. The molecular weight excluding hydrogens is 1430 g/mol. The maximum Gasteiger partial charge on any atom is 0.0612 e. The number of hydrogen-bond donors (Lipinski definition) is 4. The van der Waals surface area contributed by atoms with Gasteiger partial charge in [0.25, 0.3) is 0 Å². The summed E-state index contributed by atoms with van der Waals surface area (Å²) in [6, 6.07) is 26.8. The molecule has 238 valence electrons. The Morgan fingerprint density at radius 3 is 0.909 bits per heavy atom. The smallest absolute Gasteiger partial charge is 0.0612 e. The van der Waals surface area contributed by atoms with Crippen LogP contribution >= 0.6 is 22.7 Å². The molecule has 0 amide bonds. The van der Waals surface area contributed by atoms with E-state index in [4.69, 9.17) is 10.2 Å². The maximum absolute atomic E-state index is 9.27. The Bertz CT molecular complexity index is 967. The molecule has 4 rings (SSSR count). The molecule has 2 heterocycles. The number of rotatable bonds is 8. The zero-order valence-electron chi connectivity index (χ0n) is 24.6. The first-order chi connectivity index (χ1) is 18.4. The molecule has 0 saturated heterocycles. The molecule has 12 heteroatoms. The number of aliphatic hydroxyl groups excluding tert-OH is 4. The van der Waals surface area contributed by atoms with E-state index in [1.807, 2.05) is 95.7 Å². The molecular formula is C32H40O4S2W4Y2-4. The van der Waals surface area contributed by atoms with Gasteiger partial charge in [-0.25, -0.2) is 0 Å². The van der Waals surface area contributed by atoms with Gasteiger partial charge in [0.1, 0.15) is 0 Å². The van der Waals surface area contributed by atoms with Gasteiger partial charge in [-0.05, 0) is 34.0 Å². The number of hydrogen-bond acceptors (Lipinski definition) is 6. The second-order valence-electron chi connectivity index (χ2n) is 8.07. The van der Waals surface area contributed by atoms with E-state index in [1.54, 1.807) is 22.7 Å². The van der Waals surface area contributed by atoms with Crippen molar-refractivity contribution in [1.29, 1.82) is 0 Å². The molecule has 2 aromatic carbocycles. The second kappa shape index (κ2) is 38.4. The van der Waals surface area contributed by atoms with Crippen molar-refractivity contribution in [1.82, 2.24) is 0 Å². The molecule has 0 fully saturated rings. The molecule has 2 radical (unpaired) electrons. The van der Waals surface area contributed by atoms with Gasteiger partial charge in [0.15, 0.2) is 0 Å². The minimum atomic E-state index is -0.402. The van der Waals surface area contributed by atoms with E-state index in [2.05, 4.69) is 27.7 Å². The molecule has 4 unspecified atom stereocenters. The van der Waals surface area contributed by atoms with Gasteiger partial charge in [0.2, 0.25) is 0 Å². The molecule has 0 bridgehead atoms. The molecule has 0 aliphatic heterocycles. The summed E-state index contributed by atoms with van der Waals surface area (Å²) in [5.41, 5.74) is 1.88. The first-order valence-electron chi connectivity index (χ1n) is 12.4. The first kappa shape index (κ1) is 58.8. The molecule has 4 aromatic rings. The van der Waals surface area contributed by atoms with Crippen molar-refractivity contribution in [3.8, 4) is 0 Å². The van der Waals surface area contributed by atoms with Crippen LogP contribution in [-0.4, -0.2) is 20.4 Å². The van der Waals surface area contributed by atoms with Crippen molar-refractivity contribution in [3.63, 3.8) is 0 Å². The first-order valence-corrected chi connectivity index (χ1v) is 14.2. The molecule has 4 atom stereocenters. The van der Waals surface area contributed by atoms with E-state index < -0.39 is 12.2 Å². The summed E-state index contributed by atoms with van der Waals surface area (Å²) in [6.07, 6.45) is 0.659. The van der Waals surface area contributed by atoms with E-state index in [-0.39, 0.29) is 162 Å². The Kier molecular flexibility index (Phi) is 51.4. The predicted octanol–water partition coefficient (Wildman–Crippen LogP) is 7.88. The Labute approximate surface area is 381 Å². The summed E-state index contributed by atoms with van der Waals surface area (Å²) in [4.78, 5) is 2.01. The van der Waals surface area contributed by atoms with Crippen LogP contribution in [0.1, 0.15) is 71.0 Å². The van der Waals surface area contributed by atoms with Gasteiger partial charge in [0, 0.05) is 159 Å². The van der Waals surface area contributed by atoms with Crippen molar-refractivity contribution in [2.24, 2.45) is 0 Å².